The Balaban J connectivity index is 2.04. The minimum Gasteiger partial charge on any atom is -0.501 e. The molecule has 0 atom stereocenters. The van der Waals surface area contributed by atoms with Crippen molar-refractivity contribution >= 4 is 12.1 Å². The van der Waals surface area contributed by atoms with Crippen LogP contribution in [-0.4, -0.2) is 25.8 Å². The van der Waals surface area contributed by atoms with E-state index in [1.165, 1.54) is 18.1 Å². The number of amides is 1. The number of fused-ring (bicyclic) bond motifs is 1. The number of ether oxygens (including phenoxy) is 1. The van der Waals surface area contributed by atoms with E-state index in [2.05, 4.69) is 10.3 Å². The van der Waals surface area contributed by atoms with E-state index in [4.69, 9.17) is 4.74 Å². The third kappa shape index (κ3) is 2.64. The van der Waals surface area contributed by atoms with Crippen molar-refractivity contribution in [1.82, 2.24) is 5.32 Å². The number of nitrogens with zero attached hydrogens (tertiary/aromatic N) is 1. The molecular weight excluding hydrogens is 216 g/mol. The molecule has 0 aromatic rings. The van der Waals surface area contributed by atoms with Crippen molar-refractivity contribution in [2.45, 2.75) is 19.8 Å². The number of carbonyl (C=O) groups is 1. The van der Waals surface area contributed by atoms with E-state index in [0.717, 1.165) is 24.3 Å². The van der Waals surface area contributed by atoms with Crippen molar-refractivity contribution in [2.75, 3.05) is 13.7 Å². The molecule has 1 heterocycles. The molecule has 0 unspecified atom stereocenters. The van der Waals surface area contributed by atoms with E-state index in [1.54, 1.807) is 7.11 Å². The molecule has 4 heteroatoms. The first-order chi connectivity index (χ1) is 8.20. The lowest BCUT2D eigenvalue weighted by atomic mass is 9.98. The summed E-state index contributed by atoms with van der Waals surface area (Å²) in [7, 11) is 1.68. The van der Waals surface area contributed by atoms with E-state index >= 15 is 0 Å². The second-order valence-electron chi connectivity index (χ2n) is 4.06. The molecule has 0 aromatic carbocycles. The van der Waals surface area contributed by atoms with E-state index in [-0.39, 0.29) is 5.91 Å². The van der Waals surface area contributed by atoms with Crippen LogP contribution in [0.1, 0.15) is 19.8 Å². The van der Waals surface area contributed by atoms with E-state index in [9.17, 15) is 4.79 Å². The quantitative estimate of drug-likeness (QED) is 0.802. The van der Waals surface area contributed by atoms with Crippen LogP contribution < -0.4 is 5.32 Å². The van der Waals surface area contributed by atoms with Crippen molar-refractivity contribution in [1.29, 1.82) is 0 Å². The van der Waals surface area contributed by atoms with Crippen LogP contribution in [-0.2, 0) is 9.53 Å². The van der Waals surface area contributed by atoms with E-state index < -0.39 is 0 Å². The fourth-order valence-corrected chi connectivity index (χ4v) is 1.95. The maximum absolute atomic E-state index is 10.8. The van der Waals surface area contributed by atoms with Gasteiger partial charge in [-0.1, -0.05) is 0 Å². The predicted molar refractivity (Wildman–Crippen MR) is 66.6 cm³/mol. The first-order valence-corrected chi connectivity index (χ1v) is 5.66. The standard InChI is InChI=1S/C13H16N2O2/c1-9(16)14-6-5-10-8-15-13-4-3-11(17-2)7-12(10)13/h3-4,8H,5-7H2,1-2H3,(H,14,16). The van der Waals surface area contributed by atoms with Gasteiger partial charge in [0.1, 0.15) is 5.76 Å². The van der Waals surface area contributed by atoms with Crippen molar-refractivity contribution in [3.05, 3.63) is 34.8 Å². The summed E-state index contributed by atoms with van der Waals surface area (Å²) in [5.41, 5.74) is 3.42. The van der Waals surface area contributed by atoms with Gasteiger partial charge in [-0.25, -0.2) is 0 Å². The van der Waals surface area contributed by atoms with Gasteiger partial charge < -0.3 is 10.1 Å². The van der Waals surface area contributed by atoms with Crippen LogP contribution in [0.5, 0.6) is 0 Å². The normalized spacial score (nSPS) is 17.5. The molecule has 1 amide bonds. The number of rotatable bonds is 4. The Kier molecular flexibility index (Phi) is 3.42. The van der Waals surface area contributed by atoms with E-state index in [0.29, 0.717) is 6.54 Å². The molecule has 2 rings (SSSR count). The lowest BCUT2D eigenvalue weighted by Gasteiger charge is -2.13. The molecule has 0 bridgehead atoms. The lowest BCUT2D eigenvalue weighted by Crippen LogP contribution is -2.21. The van der Waals surface area contributed by atoms with Gasteiger partial charge in [-0.3, -0.25) is 9.79 Å². The number of hydrogen-bond donors (Lipinski definition) is 1. The monoisotopic (exact) mass is 232 g/mol. The van der Waals surface area contributed by atoms with Crippen LogP contribution in [0.15, 0.2) is 39.7 Å². The maximum Gasteiger partial charge on any atom is 0.216 e. The molecule has 1 aliphatic heterocycles. The summed E-state index contributed by atoms with van der Waals surface area (Å²) in [5.74, 6) is 0.952. The molecule has 2 aliphatic rings. The van der Waals surface area contributed by atoms with Crippen molar-refractivity contribution < 1.29 is 9.53 Å². The second kappa shape index (κ2) is 4.99. The maximum atomic E-state index is 10.8. The minimum absolute atomic E-state index is 0.00224. The van der Waals surface area contributed by atoms with Crippen LogP contribution in [0.3, 0.4) is 0 Å². The molecule has 0 saturated heterocycles. The van der Waals surface area contributed by atoms with Gasteiger partial charge in [0.25, 0.3) is 0 Å². The van der Waals surface area contributed by atoms with Crippen molar-refractivity contribution in [2.24, 2.45) is 4.99 Å². The molecular formula is C13H16N2O2. The number of aliphatic imine (C=N–C) groups is 1. The van der Waals surface area contributed by atoms with Gasteiger partial charge in [0.15, 0.2) is 0 Å². The summed E-state index contributed by atoms with van der Waals surface area (Å²) in [6.45, 7) is 2.18. The molecule has 90 valence electrons. The first kappa shape index (κ1) is 11.6. The Labute approximate surface area is 101 Å². The van der Waals surface area contributed by atoms with E-state index in [1.807, 2.05) is 18.4 Å². The van der Waals surface area contributed by atoms with Gasteiger partial charge in [0.2, 0.25) is 5.91 Å². The Bertz CT molecular complexity index is 456. The number of hydrogen-bond acceptors (Lipinski definition) is 3. The second-order valence-corrected chi connectivity index (χ2v) is 4.06. The highest BCUT2D eigenvalue weighted by atomic mass is 16.5. The van der Waals surface area contributed by atoms with Crippen LogP contribution in [0.25, 0.3) is 0 Å². The van der Waals surface area contributed by atoms with Gasteiger partial charge in [0, 0.05) is 26.1 Å². The molecule has 1 N–H and O–H groups in total. The largest absolute Gasteiger partial charge is 0.501 e. The Morgan fingerprint density at radius 1 is 1.53 bits per heavy atom. The van der Waals surface area contributed by atoms with Crippen LogP contribution >= 0.6 is 0 Å². The number of allylic oxidation sites excluding steroid dienone is 4. The molecule has 0 spiro atoms. The lowest BCUT2D eigenvalue weighted by molar-refractivity contribution is -0.118. The zero-order chi connectivity index (χ0) is 12.3. The summed E-state index contributed by atoms with van der Waals surface area (Å²) < 4.78 is 5.25. The highest BCUT2D eigenvalue weighted by molar-refractivity contribution is 5.87. The molecule has 0 aromatic heterocycles. The molecule has 4 nitrogen and oxygen atoms in total. The molecule has 0 fully saturated rings. The Morgan fingerprint density at radius 2 is 2.35 bits per heavy atom. The molecule has 0 saturated carbocycles. The zero-order valence-electron chi connectivity index (χ0n) is 10.1. The molecule has 0 radical (unpaired) electrons. The molecule has 1 aliphatic carbocycles. The third-order valence-corrected chi connectivity index (χ3v) is 2.86. The number of methoxy groups -OCH3 is 1. The fourth-order valence-electron chi connectivity index (χ4n) is 1.95. The third-order valence-electron chi connectivity index (χ3n) is 2.86. The SMILES string of the molecule is COC1=CC=C2N=CC(CCNC(C)=O)=C2C1. The average Bonchev–Trinajstić information content (AvgIpc) is 2.71. The van der Waals surface area contributed by atoms with Crippen LogP contribution in [0.2, 0.25) is 0 Å². The summed E-state index contributed by atoms with van der Waals surface area (Å²) in [6.07, 6.45) is 7.41. The van der Waals surface area contributed by atoms with Gasteiger partial charge in [-0.2, -0.15) is 0 Å². The van der Waals surface area contributed by atoms with Crippen LogP contribution in [0, 0.1) is 0 Å². The summed E-state index contributed by atoms with van der Waals surface area (Å²) in [4.78, 5) is 15.2. The van der Waals surface area contributed by atoms with Crippen molar-refractivity contribution in [3.8, 4) is 0 Å². The number of carbonyl (C=O) groups excluding carboxylic acids is 1. The van der Waals surface area contributed by atoms with Crippen LogP contribution in [0.4, 0.5) is 0 Å². The van der Waals surface area contributed by atoms with Gasteiger partial charge in [-0.05, 0) is 29.7 Å². The first-order valence-electron chi connectivity index (χ1n) is 5.66. The Hall–Kier alpha value is -1.84. The van der Waals surface area contributed by atoms with Gasteiger partial charge in [-0.15, -0.1) is 0 Å². The summed E-state index contributed by atoms with van der Waals surface area (Å²) >= 11 is 0. The highest BCUT2D eigenvalue weighted by Gasteiger charge is 2.19. The van der Waals surface area contributed by atoms with Gasteiger partial charge >= 0.3 is 0 Å². The topological polar surface area (TPSA) is 50.7 Å². The number of nitrogens with one attached hydrogen (secondary N) is 1. The predicted octanol–water partition coefficient (Wildman–Crippen LogP) is 1.71. The highest BCUT2D eigenvalue weighted by Crippen LogP contribution is 2.32. The minimum atomic E-state index is 0.00224. The Morgan fingerprint density at radius 3 is 3.06 bits per heavy atom. The summed E-state index contributed by atoms with van der Waals surface area (Å²) in [5, 5.41) is 2.79. The summed E-state index contributed by atoms with van der Waals surface area (Å²) in [6, 6.07) is 0. The van der Waals surface area contributed by atoms with Crippen molar-refractivity contribution in [3.63, 3.8) is 0 Å². The smallest absolute Gasteiger partial charge is 0.216 e. The average molecular weight is 232 g/mol. The zero-order valence-corrected chi connectivity index (χ0v) is 10.1. The fraction of sp³-hybridized carbons (Fsp3) is 0.385. The molecule has 17 heavy (non-hydrogen) atoms. The van der Waals surface area contributed by atoms with Gasteiger partial charge in [0.05, 0.1) is 12.8 Å².